The van der Waals surface area contributed by atoms with Crippen molar-refractivity contribution in [3.05, 3.63) is 63.8 Å². The minimum atomic E-state index is -0.727. The summed E-state index contributed by atoms with van der Waals surface area (Å²) in [6.07, 6.45) is 4.39. The van der Waals surface area contributed by atoms with Gasteiger partial charge in [-0.2, -0.15) is 0 Å². The number of halogens is 1. The van der Waals surface area contributed by atoms with Gasteiger partial charge in [0.2, 0.25) is 5.91 Å². The zero-order chi connectivity index (χ0) is 27.1. The summed E-state index contributed by atoms with van der Waals surface area (Å²) in [6.45, 7) is 4.19. The number of hydrogen-bond acceptors (Lipinski definition) is 8. The molecule has 0 aliphatic heterocycles. The summed E-state index contributed by atoms with van der Waals surface area (Å²) in [5.41, 5.74) is 0.0411. The van der Waals surface area contributed by atoms with Crippen LogP contribution in [-0.4, -0.2) is 44.7 Å². The number of aliphatic hydroxyl groups excluding tert-OH is 2. The van der Waals surface area contributed by atoms with Gasteiger partial charge in [-0.1, -0.05) is 25.4 Å². The number of carbonyl (C=O) groups is 2. The van der Waals surface area contributed by atoms with Crippen LogP contribution in [0.5, 0.6) is 0 Å². The van der Waals surface area contributed by atoms with E-state index in [-0.39, 0.29) is 53.8 Å². The Balaban J connectivity index is 1.46. The van der Waals surface area contributed by atoms with Crippen LogP contribution >= 0.6 is 22.9 Å². The summed E-state index contributed by atoms with van der Waals surface area (Å²) in [6, 6.07) is 6.64. The van der Waals surface area contributed by atoms with Gasteiger partial charge in [-0.25, -0.2) is 9.97 Å². The largest absolute Gasteiger partial charge is 0.467 e. The third-order valence-electron chi connectivity index (χ3n) is 8.53. The fourth-order valence-corrected chi connectivity index (χ4v) is 7.51. The number of fused-ring (bicyclic) bond motifs is 2. The molecule has 4 N–H and O–H groups in total. The first kappa shape index (κ1) is 26.8. The van der Waals surface area contributed by atoms with Gasteiger partial charge in [-0.3, -0.25) is 14.9 Å². The van der Waals surface area contributed by atoms with Crippen molar-refractivity contribution in [3.63, 3.8) is 0 Å². The second-order valence-electron chi connectivity index (χ2n) is 10.7. The molecule has 38 heavy (non-hydrogen) atoms. The molecule has 0 unspecified atom stereocenters. The first-order valence-corrected chi connectivity index (χ1v) is 13.8. The Morgan fingerprint density at radius 3 is 2.84 bits per heavy atom. The molecule has 11 heteroatoms. The Bertz CT molecular complexity index is 1330. The van der Waals surface area contributed by atoms with E-state index in [4.69, 9.17) is 21.0 Å². The Morgan fingerprint density at radius 1 is 1.32 bits per heavy atom. The van der Waals surface area contributed by atoms with Crippen molar-refractivity contribution in [2.24, 2.45) is 16.7 Å². The quantitative estimate of drug-likeness (QED) is 0.319. The molecule has 3 aromatic heterocycles. The van der Waals surface area contributed by atoms with Crippen LogP contribution in [0.25, 0.3) is 0 Å². The molecule has 1 saturated carbocycles. The van der Waals surface area contributed by atoms with Crippen LogP contribution in [0.3, 0.4) is 0 Å². The third kappa shape index (κ3) is 4.86. The highest BCUT2D eigenvalue weighted by Crippen LogP contribution is 2.62. The minimum absolute atomic E-state index is 0.0814. The van der Waals surface area contributed by atoms with E-state index in [2.05, 4.69) is 22.5 Å². The molecular formula is C27H31ClN4O5S. The highest BCUT2D eigenvalue weighted by Gasteiger charge is 2.59. The summed E-state index contributed by atoms with van der Waals surface area (Å²) in [4.78, 5) is 35.7. The van der Waals surface area contributed by atoms with Gasteiger partial charge < -0.3 is 19.9 Å². The molecule has 2 aliphatic rings. The van der Waals surface area contributed by atoms with Gasteiger partial charge >= 0.3 is 0 Å². The summed E-state index contributed by atoms with van der Waals surface area (Å²) >= 11 is 7.32. The number of hydrogen-bond donors (Lipinski definition) is 4. The highest BCUT2D eigenvalue weighted by molar-refractivity contribution is 7.15. The summed E-state index contributed by atoms with van der Waals surface area (Å²) in [5, 5.41) is 27.8. The average Bonchev–Trinajstić information content (AvgIpc) is 3.56. The number of nitrogens with zero attached hydrogens (tertiary/aromatic N) is 2. The predicted molar refractivity (Wildman–Crippen MR) is 143 cm³/mol. The summed E-state index contributed by atoms with van der Waals surface area (Å²) < 4.78 is 5.34. The third-order valence-corrected chi connectivity index (χ3v) is 9.75. The Labute approximate surface area is 229 Å². The van der Waals surface area contributed by atoms with Crippen molar-refractivity contribution < 1.29 is 24.2 Å². The lowest BCUT2D eigenvalue weighted by atomic mass is 9.47. The molecule has 0 saturated heterocycles. The van der Waals surface area contributed by atoms with E-state index >= 15 is 0 Å². The summed E-state index contributed by atoms with van der Waals surface area (Å²) in [7, 11) is 0. The second-order valence-corrected chi connectivity index (χ2v) is 12.2. The second kappa shape index (κ2) is 10.4. The molecule has 5 atom stereocenters. The number of anilines is 1. The molecule has 5 rings (SSSR count). The number of nitrogens with one attached hydrogen (secondary N) is 2. The molecule has 202 valence electrons. The van der Waals surface area contributed by atoms with Crippen LogP contribution in [0, 0.1) is 16.7 Å². The van der Waals surface area contributed by atoms with Crippen molar-refractivity contribution in [2.75, 3.05) is 11.9 Å². The van der Waals surface area contributed by atoms with E-state index in [0.717, 1.165) is 10.6 Å². The lowest BCUT2D eigenvalue weighted by Gasteiger charge is -2.58. The molecule has 2 amide bonds. The molecular weight excluding hydrogens is 528 g/mol. The molecule has 0 radical (unpaired) electrons. The maximum atomic E-state index is 13.2. The van der Waals surface area contributed by atoms with Gasteiger partial charge in [0.1, 0.15) is 10.9 Å². The van der Waals surface area contributed by atoms with Crippen molar-refractivity contribution in [3.8, 4) is 0 Å². The molecule has 1 fully saturated rings. The lowest BCUT2D eigenvalue weighted by Crippen LogP contribution is -2.57. The molecule has 3 heterocycles. The average molecular weight is 559 g/mol. The van der Waals surface area contributed by atoms with Crippen LogP contribution in [0.1, 0.15) is 65.7 Å². The summed E-state index contributed by atoms with van der Waals surface area (Å²) in [5.74, 6) is -0.172. The van der Waals surface area contributed by atoms with Gasteiger partial charge in [0.15, 0.2) is 5.13 Å². The van der Waals surface area contributed by atoms with Gasteiger partial charge in [0.05, 0.1) is 31.2 Å². The van der Waals surface area contributed by atoms with E-state index in [0.29, 0.717) is 35.7 Å². The van der Waals surface area contributed by atoms with Gasteiger partial charge in [-0.05, 0) is 54.9 Å². The molecule has 9 nitrogen and oxygen atoms in total. The minimum Gasteiger partial charge on any atom is -0.467 e. The van der Waals surface area contributed by atoms with Gasteiger partial charge in [0, 0.05) is 34.4 Å². The fraction of sp³-hybridized carbons (Fsp3) is 0.481. The first-order valence-electron chi connectivity index (χ1n) is 12.6. The molecule has 3 aromatic rings. The van der Waals surface area contributed by atoms with Crippen molar-refractivity contribution >= 4 is 39.9 Å². The van der Waals surface area contributed by atoms with Crippen LogP contribution in [0.4, 0.5) is 5.13 Å². The monoisotopic (exact) mass is 558 g/mol. The number of carbonyl (C=O) groups excluding carboxylic acids is 2. The van der Waals surface area contributed by atoms with E-state index < -0.39 is 11.5 Å². The number of furan rings is 1. The van der Waals surface area contributed by atoms with Crippen molar-refractivity contribution in [1.82, 2.24) is 15.3 Å². The molecule has 0 spiro atoms. The van der Waals surface area contributed by atoms with Crippen LogP contribution < -0.4 is 10.6 Å². The van der Waals surface area contributed by atoms with Crippen molar-refractivity contribution in [2.45, 2.75) is 58.1 Å². The molecule has 0 bridgehead atoms. The maximum absolute atomic E-state index is 13.2. The van der Waals surface area contributed by atoms with Crippen molar-refractivity contribution in [1.29, 1.82) is 0 Å². The highest BCUT2D eigenvalue weighted by atomic mass is 35.5. The van der Waals surface area contributed by atoms with E-state index in [1.807, 2.05) is 6.92 Å². The Hall–Kier alpha value is -2.79. The van der Waals surface area contributed by atoms with E-state index in [9.17, 15) is 19.8 Å². The maximum Gasteiger partial charge on any atom is 0.257 e. The molecule has 2 aliphatic carbocycles. The Kier molecular flexibility index (Phi) is 7.34. The number of aromatic nitrogens is 2. The smallest absolute Gasteiger partial charge is 0.257 e. The normalized spacial score (nSPS) is 28.3. The van der Waals surface area contributed by atoms with E-state index in [1.165, 1.54) is 23.6 Å². The number of rotatable bonds is 7. The van der Waals surface area contributed by atoms with E-state index in [1.54, 1.807) is 24.5 Å². The number of aliphatic hydroxyl groups is 2. The first-order chi connectivity index (χ1) is 18.1. The molecule has 0 aromatic carbocycles. The Morgan fingerprint density at radius 2 is 2.13 bits per heavy atom. The standard InChI is InChI=1S/C27H31ClN4O5S/c1-26-7-5-20(34)27(2,14-33)19(26)12-18-23(17(26)11-22(35)30-13-16-4-3-9-37-16)31-25(38-18)32-24(36)15-6-8-29-21(28)10-15/h3-4,6,8-10,17,19-20,33-34H,5,7,11-14H2,1-2H3,(H,30,35)(H,31,32,36)/t17-,19+,20-,26+,27+/m1/s1. The number of thiazole rings is 1. The lowest BCUT2D eigenvalue weighted by molar-refractivity contribution is -0.144. The van der Waals surface area contributed by atoms with Crippen LogP contribution in [0.2, 0.25) is 5.15 Å². The van der Waals surface area contributed by atoms with Gasteiger partial charge in [-0.15, -0.1) is 11.3 Å². The number of amides is 2. The van der Waals surface area contributed by atoms with Gasteiger partial charge in [0.25, 0.3) is 5.91 Å². The fourth-order valence-electron chi connectivity index (χ4n) is 6.27. The SMILES string of the molecule is C[C@]1(CO)[C@H]2Cc3sc(NC(=O)c4ccnc(Cl)c4)nc3[C@@H](CC(=O)NCc3ccco3)[C@]2(C)CC[C@H]1O. The zero-order valence-corrected chi connectivity index (χ0v) is 22.8. The topological polar surface area (TPSA) is 138 Å². The zero-order valence-electron chi connectivity index (χ0n) is 21.2. The van der Waals surface area contributed by atoms with Crippen LogP contribution in [-0.2, 0) is 17.8 Å². The predicted octanol–water partition coefficient (Wildman–Crippen LogP) is 4.16. The van der Waals surface area contributed by atoms with Crippen LogP contribution in [0.15, 0.2) is 41.1 Å². The number of pyridine rings is 1.